The molecule has 0 saturated carbocycles. The van der Waals surface area contributed by atoms with Crippen LogP contribution in [0.5, 0.6) is 0 Å². The molecule has 1 aliphatic rings. The van der Waals surface area contributed by atoms with E-state index in [4.69, 9.17) is 9.73 Å². The van der Waals surface area contributed by atoms with Gasteiger partial charge in [-0.2, -0.15) is 0 Å². The molecule has 2 N–H and O–H groups in total. The number of methoxy groups -OCH3 is 1. The van der Waals surface area contributed by atoms with E-state index in [1.54, 1.807) is 37.2 Å². The Morgan fingerprint density at radius 3 is 2.40 bits per heavy atom. The number of hydrogen-bond donors (Lipinski definition) is 2. The van der Waals surface area contributed by atoms with Gasteiger partial charge in [-0.3, -0.25) is 9.79 Å². The zero-order valence-corrected chi connectivity index (χ0v) is 19.7. The molecule has 1 aliphatic heterocycles. The average Bonchev–Trinajstić information content (AvgIpc) is 3.22. The first-order valence-electron chi connectivity index (χ1n) is 11.1. The molecule has 1 unspecified atom stereocenters. The highest BCUT2D eigenvalue weighted by atomic mass is 16.5. The molecule has 35 heavy (non-hydrogen) atoms. The number of amides is 3. The summed E-state index contributed by atoms with van der Waals surface area (Å²) in [6.07, 6.45) is 0. The Bertz CT molecular complexity index is 1290. The van der Waals surface area contributed by atoms with Crippen LogP contribution >= 0.6 is 0 Å². The summed E-state index contributed by atoms with van der Waals surface area (Å²) in [5, 5.41) is 5.48. The van der Waals surface area contributed by atoms with Gasteiger partial charge in [0, 0.05) is 26.3 Å². The van der Waals surface area contributed by atoms with Crippen molar-refractivity contribution in [3.8, 4) is 0 Å². The summed E-state index contributed by atoms with van der Waals surface area (Å²) in [5.41, 5.74) is 4.73. The molecule has 8 nitrogen and oxygen atoms in total. The van der Waals surface area contributed by atoms with E-state index in [1.807, 2.05) is 54.6 Å². The second-order valence-electron chi connectivity index (χ2n) is 8.16. The summed E-state index contributed by atoms with van der Waals surface area (Å²) in [6.45, 7) is 0.455. The Kier molecular flexibility index (Phi) is 6.91. The van der Waals surface area contributed by atoms with Crippen molar-refractivity contribution in [2.75, 3.05) is 26.5 Å². The van der Waals surface area contributed by atoms with Crippen molar-refractivity contribution >= 4 is 35.0 Å². The van der Waals surface area contributed by atoms with Crippen LogP contribution in [0.4, 0.5) is 16.2 Å². The van der Waals surface area contributed by atoms with Crippen molar-refractivity contribution in [2.24, 2.45) is 4.99 Å². The fourth-order valence-electron chi connectivity index (χ4n) is 4.03. The predicted molar refractivity (Wildman–Crippen MR) is 134 cm³/mol. The molecule has 178 valence electrons. The van der Waals surface area contributed by atoms with E-state index in [2.05, 4.69) is 10.6 Å². The number of ether oxygens (including phenoxy) is 1. The maximum Gasteiger partial charge on any atom is 0.337 e. The van der Waals surface area contributed by atoms with Gasteiger partial charge in [0.15, 0.2) is 0 Å². The van der Waals surface area contributed by atoms with E-state index < -0.39 is 11.9 Å². The Labute approximate surface area is 203 Å². The maximum absolute atomic E-state index is 13.1. The highest BCUT2D eigenvalue weighted by Gasteiger charge is 2.36. The molecular formula is C27H26N4O4. The number of anilines is 1. The van der Waals surface area contributed by atoms with E-state index in [1.165, 1.54) is 7.11 Å². The zero-order chi connectivity index (χ0) is 24.9. The number of carbonyl (C=O) groups excluding carboxylic acids is 3. The fourth-order valence-corrected chi connectivity index (χ4v) is 4.03. The van der Waals surface area contributed by atoms with E-state index in [-0.39, 0.29) is 11.9 Å². The molecule has 1 heterocycles. The maximum atomic E-state index is 13.1. The second-order valence-corrected chi connectivity index (χ2v) is 8.16. The first kappa shape index (κ1) is 23.7. The Morgan fingerprint density at radius 1 is 1.03 bits per heavy atom. The summed E-state index contributed by atoms with van der Waals surface area (Å²) in [6, 6.07) is 22.0. The van der Waals surface area contributed by atoms with E-state index in [9.17, 15) is 14.4 Å². The largest absolute Gasteiger partial charge is 0.465 e. The van der Waals surface area contributed by atoms with Gasteiger partial charge in [0.25, 0.3) is 0 Å². The van der Waals surface area contributed by atoms with Crippen LogP contribution in [0.3, 0.4) is 0 Å². The van der Waals surface area contributed by atoms with Gasteiger partial charge in [0.05, 0.1) is 24.1 Å². The molecule has 0 aliphatic carbocycles. The van der Waals surface area contributed by atoms with Gasteiger partial charge in [0.1, 0.15) is 5.92 Å². The summed E-state index contributed by atoms with van der Waals surface area (Å²) < 4.78 is 4.80. The standard InChI is InChI=1S/C27H26N4O4/c1-28-27(34)31(2)16-17-9-12-20(13-10-17)29-24(18-7-5-4-6-8-18)23-21-14-11-19(26(33)35-3)15-22(21)30-25(23)32/h4-15,23H,16H2,1-3H3,(H,28,34)(H,30,32). The third-order valence-electron chi connectivity index (χ3n) is 5.81. The average molecular weight is 471 g/mol. The molecule has 1 atom stereocenters. The number of hydrogen-bond acceptors (Lipinski definition) is 5. The van der Waals surface area contributed by atoms with Gasteiger partial charge >= 0.3 is 12.0 Å². The number of nitrogens with one attached hydrogen (secondary N) is 2. The van der Waals surface area contributed by atoms with E-state index >= 15 is 0 Å². The first-order valence-corrected chi connectivity index (χ1v) is 11.1. The lowest BCUT2D eigenvalue weighted by molar-refractivity contribution is -0.115. The van der Waals surface area contributed by atoms with Crippen LogP contribution in [0.1, 0.15) is 33.0 Å². The second kappa shape index (κ2) is 10.2. The van der Waals surface area contributed by atoms with Gasteiger partial charge in [-0.25, -0.2) is 9.59 Å². The quantitative estimate of drug-likeness (QED) is 0.418. The topological polar surface area (TPSA) is 100 Å². The summed E-state index contributed by atoms with van der Waals surface area (Å²) >= 11 is 0. The normalized spacial score (nSPS) is 14.7. The fraction of sp³-hybridized carbons (Fsp3) is 0.185. The SMILES string of the molecule is CNC(=O)N(C)Cc1ccc(N=C(c2ccccc2)C2C(=O)Nc3cc(C(=O)OC)ccc32)cc1. The van der Waals surface area contributed by atoms with Gasteiger partial charge in [-0.1, -0.05) is 48.5 Å². The van der Waals surface area contributed by atoms with Crippen LogP contribution in [0.2, 0.25) is 0 Å². The predicted octanol–water partition coefficient (Wildman–Crippen LogP) is 4.10. The molecule has 8 heteroatoms. The lowest BCUT2D eigenvalue weighted by Crippen LogP contribution is -2.34. The highest BCUT2D eigenvalue weighted by molar-refractivity contribution is 6.24. The highest BCUT2D eigenvalue weighted by Crippen LogP contribution is 2.37. The number of nitrogens with zero attached hydrogens (tertiary/aromatic N) is 2. The van der Waals surface area contributed by atoms with Crippen molar-refractivity contribution in [1.82, 2.24) is 10.2 Å². The molecule has 0 saturated heterocycles. The molecule has 0 bridgehead atoms. The zero-order valence-electron chi connectivity index (χ0n) is 19.7. The monoisotopic (exact) mass is 470 g/mol. The van der Waals surface area contributed by atoms with E-state index in [0.717, 1.165) is 16.7 Å². The van der Waals surface area contributed by atoms with Crippen LogP contribution in [0, 0.1) is 0 Å². The third-order valence-corrected chi connectivity index (χ3v) is 5.81. The van der Waals surface area contributed by atoms with Gasteiger partial charge in [0.2, 0.25) is 5.91 Å². The van der Waals surface area contributed by atoms with Crippen molar-refractivity contribution < 1.29 is 19.1 Å². The third kappa shape index (κ3) is 5.06. The summed E-state index contributed by atoms with van der Waals surface area (Å²) in [4.78, 5) is 43.3. The number of urea groups is 1. The number of rotatable bonds is 6. The Balaban J connectivity index is 1.70. The van der Waals surface area contributed by atoms with E-state index in [0.29, 0.717) is 29.2 Å². The molecule has 3 aromatic rings. The number of fused-ring (bicyclic) bond motifs is 1. The minimum Gasteiger partial charge on any atom is -0.465 e. The minimum absolute atomic E-state index is 0.167. The van der Waals surface area contributed by atoms with Crippen molar-refractivity contribution in [2.45, 2.75) is 12.5 Å². The lowest BCUT2D eigenvalue weighted by Gasteiger charge is -2.17. The molecule has 0 spiro atoms. The summed E-state index contributed by atoms with van der Waals surface area (Å²) in [7, 11) is 4.63. The van der Waals surface area contributed by atoms with Gasteiger partial charge < -0.3 is 20.3 Å². The number of esters is 1. The number of carbonyl (C=O) groups is 3. The molecule has 0 aromatic heterocycles. The first-order chi connectivity index (χ1) is 16.9. The Hall–Kier alpha value is -4.46. The lowest BCUT2D eigenvalue weighted by atomic mass is 9.90. The van der Waals surface area contributed by atoms with Crippen molar-refractivity contribution in [3.63, 3.8) is 0 Å². The molecule has 3 amide bonds. The molecular weight excluding hydrogens is 444 g/mol. The molecule has 4 rings (SSSR count). The van der Waals surface area contributed by atoms with Gasteiger partial charge in [-0.05, 0) is 41.0 Å². The van der Waals surface area contributed by atoms with Crippen LogP contribution in [-0.4, -0.2) is 49.7 Å². The van der Waals surface area contributed by atoms with Crippen LogP contribution in [0.15, 0.2) is 77.8 Å². The van der Waals surface area contributed by atoms with Crippen LogP contribution < -0.4 is 10.6 Å². The number of aliphatic imine (C=N–C) groups is 1. The van der Waals surface area contributed by atoms with Crippen molar-refractivity contribution in [3.05, 3.63) is 95.1 Å². The van der Waals surface area contributed by atoms with Crippen molar-refractivity contribution in [1.29, 1.82) is 0 Å². The molecule has 0 radical (unpaired) electrons. The number of benzene rings is 3. The summed E-state index contributed by atoms with van der Waals surface area (Å²) in [5.74, 6) is -1.32. The molecule has 3 aromatic carbocycles. The van der Waals surface area contributed by atoms with Crippen LogP contribution in [-0.2, 0) is 16.1 Å². The Morgan fingerprint density at radius 2 is 1.74 bits per heavy atom. The van der Waals surface area contributed by atoms with Gasteiger partial charge in [-0.15, -0.1) is 0 Å². The smallest absolute Gasteiger partial charge is 0.337 e. The van der Waals surface area contributed by atoms with Crippen LogP contribution in [0.25, 0.3) is 0 Å². The minimum atomic E-state index is -0.641. The molecule has 0 fully saturated rings.